The lowest BCUT2D eigenvalue weighted by atomic mass is 10.6. The van der Waals surface area contributed by atoms with Crippen LogP contribution in [0.4, 0.5) is 0 Å². The standard InChI is InChI=1S/C8H11N5/c1-11-4-5-12(2)8(11)7-10-9-6-13(7)3/h4-6H,1H2,2-3H3. The van der Waals surface area contributed by atoms with E-state index < -0.39 is 0 Å². The van der Waals surface area contributed by atoms with Crippen LogP contribution in [0.15, 0.2) is 17.5 Å². The van der Waals surface area contributed by atoms with Gasteiger partial charge in [0.2, 0.25) is 0 Å². The highest BCUT2D eigenvalue weighted by Gasteiger charge is 2.07. The van der Waals surface area contributed by atoms with E-state index >= 15 is 0 Å². The Labute approximate surface area is 75.9 Å². The van der Waals surface area contributed by atoms with Crippen molar-refractivity contribution < 1.29 is 4.24 Å². The molecule has 0 bridgehead atoms. The lowest BCUT2D eigenvalue weighted by Crippen LogP contribution is -2.40. The number of rotatable bonds is 0. The maximum atomic E-state index is 4.01. The summed E-state index contributed by atoms with van der Waals surface area (Å²) in [5.41, 5.74) is 4.94. The van der Waals surface area contributed by atoms with Crippen LogP contribution in [0.2, 0.25) is 0 Å². The van der Waals surface area contributed by atoms with Crippen LogP contribution in [0.1, 0.15) is 0 Å². The Morgan fingerprint density at radius 1 is 1.54 bits per heavy atom. The Morgan fingerprint density at radius 3 is 2.77 bits per heavy atom. The van der Waals surface area contributed by atoms with Gasteiger partial charge in [0.05, 0.1) is 19.6 Å². The fourth-order valence-corrected chi connectivity index (χ4v) is 1.30. The molecule has 0 unspecified atom stereocenters. The first-order chi connectivity index (χ1) is 6.20. The molecule has 0 N–H and O–H groups in total. The second kappa shape index (κ2) is 2.62. The van der Waals surface area contributed by atoms with Crippen LogP contribution in [0.3, 0.4) is 0 Å². The van der Waals surface area contributed by atoms with Crippen molar-refractivity contribution in [1.29, 1.82) is 0 Å². The lowest BCUT2D eigenvalue weighted by molar-refractivity contribution is -0.514. The number of nitrogens with zero attached hydrogens (tertiary/aromatic N) is 5. The molecule has 5 heteroatoms. The number of hydrogen-bond donors (Lipinski definition) is 0. The van der Waals surface area contributed by atoms with E-state index in [1.165, 1.54) is 0 Å². The number of aromatic nitrogens is 2. The molecular weight excluding hydrogens is 166 g/mol. The Bertz CT molecular complexity index is 455. The molecule has 5 nitrogen and oxygen atoms in total. The van der Waals surface area contributed by atoms with Gasteiger partial charge in [0, 0.05) is 6.34 Å². The predicted molar refractivity (Wildman–Crippen MR) is 49.0 cm³/mol. The zero-order valence-electron chi connectivity index (χ0n) is 7.68. The number of hydrogen-bond acceptors (Lipinski definition) is 2. The SMILES string of the molecule is C=[n+]1ccn(C)c1=C1[N-]N=CN1C. The molecule has 0 saturated heterocycles. The van der Waals surface area contributed by atoms with Gasteiger partial charge in [-0.2, -0.15) is 0 Å². The Balaban J connectivity index is 2.74. The van der Waals surface area contributed by atoms with Gasteiger partial charge in [-0.25, -0.2) is 8.81 Å². The maximum Gasteiger partial charge on any atom is 0.285 e. The third kappa shape index (κ3) is 1.09. The van der Waals surface area contributed by atoms with Crippen LogP contribution >= 0.6 is 0 Å². The molecule has 68 valence electrons. The van der Waals surface area contributed by atoms with Crippen LogP contribution in [-0.2, 0) is 7.05 Å². The molecule has 0 fully saturated rings. The van der Waals surface area contributed by atoms with E-state index in [9.17, 15) is 0 Å². The summed E-state index contributed by atoms with van der Waals surface area (Å²) < 4.78 is 3.72. The highest BCUT2D eigenvalue weighted by Crippen LogP contribution is 2.13. The molecule has 0 aliphatic carbocycles. The lowest BCUT2D eigenvalue weighted by Gasteiger charge is -2.15. The van der Waals surface area contributed by atoms with Gasteiger partial charge < -0.3 is 10.3 Å². The van der Waals surface area contributed by atoms with Crippen LogP contribution in [-0.4, -0.2) is 22.9 Å². The minimum absolute atomic E-state index is 0.808. The molecule has 13 heavy (non-hydrogen) atoms. The van der Waals surface area contributed by atoms with E-state index in [0.717, 1.165) is 11.3 Å². The molecule has 2 heterocycles. The van der Waals surface area contributed by atoms with Gasteiger partial charge >= 0.3 is 0 Å². The topological polar surface area (TPSA) is 40.5 Å². The summed E-state index contributed by atoms with van der Waals surface area (Å²) in [6.45, 7) is 3.85. The largest absolute Gasteiger partial charge is 0.430 e. The van der Waals surface area contributed by atoms with E-state index in [1.54, 1.807) is 10.6 Å². The minimum Gasteiger partial charge on any atom is -0.430 e. The monoisotopic (exact) mass is 177 g/mol. The minimum atomic E-state index is 0.808. The Morgan fingerprint density at radius 2 is 2.31 bits per heavy atom. The summed E-state index contributed by atoms with van der Waals surface area (Å²) >= 11 is 0. The molecular formula is C8H11N5. The smallest absolute Gasteiger partial charge is 0.285 e. The van der Waals surface area contributed by atoms with Gasteiger partial charge in [-0.05, 0) is 0 Å². The first kappa shape index (κ1) is 7.85. The highest BCUT2D eigenvalue weighted by atomic mass is 15.5. The van der Waals surface area contributed by atoms with Gasteiger partial charge in [0.1, 0.15) is 12.4 Å². The molecule has 1 aliphatic rings. The Hall–Kier alpha value is -1.78. The molecule has 0 spiro atoms. The quantitative estimate of drug-likeness (QED) is 0.482. The number of imidazole rings is 1. The van der Waals surface area contributed by atoms with E-state index in [1.807, 2.05) is 36.0 Å². The van der Waals surface area contributed by atoms with E-state index in [2.05, 4.69) is 17.2 Å². The molecule has 1 aliphatic heterocycles. The third-order valence-corrected chi connectivity index (χ3v) is 1.99. The fraction of sp³-hybridized carbons (Fsp3) is 0.250. The fourth-order valence-electron chi connectivity index (χ4n) is 1.30. The average molecular weight is 177 g/mol. The van der Waals surface area contributed by atoms with Crippen LogP contribution < -0.4 is 9.72 Å². The van der Waals surface area contributed by atoms with Crippen molar-refractivity contribution >= 4 is 12.2 Å². The second-order valence-corrected chi connectivity index (χ2v) is 2.97. The number of aryl methyl sites for hydroxylation is 1. The highest BCUT2D eigenvalue weighted by molar-refractivity contribution is 5.76. The van der Waals surface area contributed by atoms with Crippen molar-refractivity contribution in [3.63, 3.8) is 0 Å². The van der Waals surface area contributed by atoms with E-state index in [4.69, 9.17) is 0 Å². The molecule has 0 radical (unpaired) electrons. The molecule has 0 atom stereocenters. The van der Waals surface area contributed by atoms with Gasteiger partial charge in [-0.3, -0.25) is 5.10 Å². The normalized spacial score (nSPS) is 19.4. The maximum absolute atomic E-state index is 4.01. The zero-order valence-corrected chi connectivity index (χ0v) is 7.68. The molecule has 0 aromatic carbocycles. The van der Waals surface area contributed by atoms with Crippen molar-refractivity contribution in [3.8, 4) is 0 Å². The third-order valence-electron chi connectivity index (χ3n) is 1.99. The first-order valence-corrected chi connectivity index (χ1v) is 3.92. The van der Waals surface area contributed by atoms with Crippen LogP contribution in [0.5, 0.6) is 0 Å². The van der Waals surface area contributed by atoms with Crippen LogP contribution in [0.25, 0.3) is 11.2 Å². The van der Waals surface area contributed by atoms with E-state index in [-0.39, 0.29) is 0 Å². The average Bonchev–Trinajstić information content (AvgIpc) is 2.60. The molecule has 0 amide bonds. The second-order valence-electron chi connectivity index (χ2n) is 2.97. The van der Waals surface area contributed by atoms with Crippen molar-refractivity contribution in [2.24, 2.45) is 12.1 Å². The van der Waals surface area contributed by atoms with Gasteiger partial charge in [-0.15, -0.1) is 0 Å². The van der Waals surface area contributed by atoms with E-state index in [0.29, 0.717) is 0 Å². The van der Waals surface area contributed by atoms with Crippen molar-refractivity contribution in [1.82, 2.24) is 9.47 Å². The summed E-state index contributed by atoms with van der Waals surface area (Å²) in [6, 6.07) is 0. The summed E-state index contributed by atoms with van der Waals surface area (Å²) in [6.07, 6.45) is 5.48. The zero-order chi connectivity index (χ0) is 9.42. The summed E-state index contributed by atoms with van der Waals surface area (Å²) in [5, 5.41) is 3.82. The van der Waals surface area contributed by atoms with Gasteiger partial charge in [0.25, 0.3) is 5.48 Å². The van der Waals surface area contributed by atoms with Crippen molar-refractivity contribution in [3.05, 3.63) is 30.0 Å². The predicted octanol–water partition coefficient (Wildman–Crippen LogP) is -0.720. The first-order valence-electron chi connectivity index (χ1n) is 3.92. The summed E-state index contributed by atoms with van der Waals surface area (Å²) in [5.74, 6) is 0.808. The van der Waals surface area contributed by atoms with Crippen molar-refractivity contribution in [2.75, 3.05) is 7.05 Å². The summed E-state index contributed by atoms with van der Waals surface area (Å²) in [7, 11) is 3.86. The summed E-state index contributed by atoms with van der Waals surface area (Å²) in [4.78, 5) is 1.86. The molecule has 2 rings (SSSR count). The molecule has 1 aromatic rings. The molecule has 1 aromatic heterocycles. The van der Waals surface area contributed by atoms with Gasteiger partial charge in [-0.1, -0.05) is 7.05 Å². The molecule has 0 saturated carbocycles. The van der Waals surface area contributed by atoms with Gasteiger partial charge in [0.15, 0.2) is 0 Å². The Kier molecular flexibility index (Phi) is 1.58. The van der Waals surface area contributed by atoms with Crippen molar-refractivity contribution in [2.45, 2.75) is 0 Å². The van der Waals surface area contributed by atoms with Crippen LogP contribution in [0, 0.1) is 6.72 Å².